The number of rotatable bonds is 1. The van der Waals surface area contributed by atoms with E-state index in [0.29, 0.717) is 0 Å². The number of halogens is 2. The molecule has 0 aromatic heterocycles. The van der Waals surface area contributed by atoms with Crippen LogP contribution in [0.3, 0.4) is 0 Å². The van der Waals surface area contributed by atoms with Crippen molar-refractivity contribution < 1.29 is 0 Å². The van der Waals surface area contributed by atoms with Crippen molar-refractivity contribution in [3.05, 3.63) is 0 Å². The van der Waals surface area contributed by atoms with Gasteiger partial charge in [0.05, 0.1) is 0 Å². The summed E-state index contributed by atoms with van der Waals surface area (Å²) >= 11 is -2.12. The van der Waals surface area contributed by atoms with Crippen molar-refractivity contribution in [3.8, 4) is 0 Å². The molecule has 0 aliphatic heterocycles. The maximum atomic E-state index is 5.67. The molecule has 0 heterocycles. The summed E-state index contributed by atoms with van der Waals surface area (Å²) in [6.07, 6.45) is 0. The fourth-order valence-electron chi connectivity index (χ4n) is 0. The Morgan fingerprint density at radius 3 is 1.67 bits per heavy atom. The molecule has 0 fully saturated rings. The second-order valence-corrected chi connectivity index (χ2v) is 18.0. The van der Waals surface area contributed by atoms with Crippen LogP contribution in [0.4, 0.5) is 0 Å². The molecule has 0 spiro atoms. The third kappa shape index (κ3) is 5.37. The molecule has 0 amide bonds. The summed E-state index contributed by atoms with van der Waals surface area (Å²) in [7, 11) is 11.3. The van der Waals surface area contributed by atoms with Crippen LogP contribution in [0.1, 0.15) is 6.92 Å². The molecule has 0 radical (unpaired) electrons. The number of hydrogen-bond donors (Lipinski definition) is 0. The topological polar surface area (TPSA) is 0 Å². The molecule has 40 valence electrons. The summed E-state index contributed by atoms with van der Waals surface area (Å²) in [5, 5.41) is 0. The van der Waals surface area contributed by atoms with Crippen molar-refractivity contribution in [2.24, 2.45) is 0 Å². The van der Waals surface area contributed by atoms with Crippen molar-refractivity contribution in [3.63, 3.8) is 0 Å². The van der Waals surface area contributed by atoms with Crippen molar-refractivity contribution in [1.82, 2.24) is 0 Å². The van der Waals surface area contributed by atoms with Gasteiger partial charge in [-0.2, -0.15) is 0 Å². The van der Waals surface area contributed by atoms with Crippen LogP contribution >= 0.6 is 17.9 Å². The Kier molecular flexibility index (Phi) is 3.22. The van der Waals surface area contributed by atoms with Crippen LogP contribution < -0.4 is 0 Å². The van der Waals surface area contributed by atoms with E-state index in [-0.39, 0.29) is 0 Å². The van der Waals surface area contributed by atoms with Gasteiger partial charge in [0.25, 0.3) is 0 Å². The molecule has 0 N–H and O–H groups in total. The van der Waals surface area contributed by atoms with E-state index < -0.39 is 15.9 Å². The van der Waals surface area contributed by atoms with Crippen LogP contribution in [-0.4, -0.2) is 15.9 Å². The molecule has 6 heavy (non-hydrogen) atoms. The predicted molar refractivity (Wildman–Crippen MR) is 33.8 cm³/mol. The van der Waals surface area contributed by atoms with Crippen molar-refractivity contribution in [2.45, 2.75) is 16.4 Å². The Bertz CT molecular complexity index is 38.5. The van der Waals surface area contributed by atoms with Gasteiger partial charge in [0, 0.05) is 0 Å². The molecule has 0 nitrogen and oxygen atoms in total. The van der Waals surface area contributed by atoms with Gasteiger partial charge in [0.1, 0.15) is 0 Å². The van der Waals surface area contributed by atoms with Gasteiger partial charge in [-0.25, -0.2) is 0 Å². The SMILES string of the molecule is CC[Te](C)(Cl)Cl. The van der Waals surface area contributed by atoms with Gasteiger partial charge in [-0.05, 0) is 0 Å². The van der Waals surface area contributed by atoms with Gasteiger partial charge in [-0.1, -0.05) is 0 Å². The molecule has 0 aromatic rings. The molecule has 0 bridgehead atoms. The Labute approximate surface area is 50.1 Å². The minimum absolute atomic E-state index is 0.992. The van der Waals surface area contributed by atoms with Crippen molar-refractivity contribution in [1.29, 1.82) is 0 Å². The average Bonchev–Trinajstić information content (AvgIpc) is 1.35. The van der Waals surface area contributed by atoms with Crippen LogP contribution in [-0.2, 0) is 0 Å². The van der Waals surface area contributed by atoms with Gasteiger partial charge in [-0.3, -0.25) is 0 Å². The average molecular weight is 243 g/mol. The zero-order valence-electron chi connectivity index (χ0n) is 3.87. The Balaban J connectivity index is 3.17. The quantitative estimate of drug-likeness (QED) is 0.620. The van der Waals surface area contributed by atoms with Crippen molar-refractivity contribution in [2.75, 3.05) is 0 Å². The minimum atomic E-state index is -2.12. The maximum absolute atomic E-state index is 5.67. The molecular formula is C3H8Cl2Te. The van der Waals surface area contributed by atoms with Crippen LogP contribution in [0.2, 0.25) is 9.44 Å². The van der Waals surface area contributed by atoms with E-state index in [1.54, 1.807) is 0 Å². The van der Waals surface area contributed by atoms with E-state index in [0.717, 1.165) is 4.47 Å². The van der Waals surface area contributed by atoms with Gasteiger partial charge in [0.15, 0.2) is 0 Å². The van der Waals surface area contributed by atoms with E-state index >= 15 is 0 Å². The van der Waals surface area contributed by atoms with Gasteiger partial charge >= 0.3 is 50.2 Å². The summed E-state index contributed by atoms with van der Waals surface area (Å²) < 4.78 is 0.992. The molecule has 0 aliphatic rings. The summed E-state index contributed by atoms with van der Waals surface area (Å²) in [6.45, 7) is 2.03. The molecule has 0 saturated carbocycles. The Hall–Kier alpha value is 1.37. The molecule has 0 aromatic carbocycles. The normalized spacial score (nSPS) is 14.7. The van der Waals surface area contributed by atoms with Gasteiger partial charge < -0.3 is 0 Å². The monoisotopic (exact) mass is 244 g/mol. The van der Waals surface area contributed by atoms with E-state index in [4.69, 9.17) is 17.9 Å². The first kappa shape index (κ1) is 7.37. The number of hydrogen-bond acceptors (Lipinski definition) is 0. The Morgan fingerprint density at radius 1 is 1.50 bits per heavy atom. The van der Waals surface area contributed by atoms with Crippen molar-refractivity contribution >= 4 is 33.9 Å². The van der Waals surface area contributed by atoms with E-state index in [9.17, 15) is 0 Å². The van der Waals surface area contributed by atoms with Gasteiger partial charge in [0.2, 0.25) is 0 Å². The predicted octanol–water partition coefficient (Wildman–Crippen LogP) is 2.56. The first-order valence-electron chi connectivity index (χ1n) is 1.71. The molecule has 3 heteroatoms. The first-order valence-corrected chi connectivity index (χ1v) is 11.6. The second-order valence-electron chi connectivity index (χ2n) is 1.16. The molecule has 0 atom stereocenters. The third-order valence-corrected chi connectivity index (χ3v) is 6.33. The van der Waals surface area contributed by atoms with E-state index in [1.807, 2.05) is 11.9 Å². The Morgan fingerprint density at radius 2 is 1.67 bits per heavy atom. The standard InChI is InChI=1S/C3H8Cl2Te/c1-3-6(2,4)5/h3H2,1-2H3. The first-order chi connectivity index (χ1) is 2.56. The summed E-state index contributed by atoms with van der Waals surface area (Å²) in [5.41, 5.74) is 0. The van der Waals surface area contributed by atoms with Crippen LogP contribution in [0.5, 0.6) is 0 Å². The van der Waals surface area contributed by atoms with E-state index in [2.05, 4.69) is 0 Å². The second kappa shape index (κ2) is 2.62. The molecule has 0 rings (SSSR count). The molecular weight excluding hydrogens is 235 g/mol. The van der Waals surface area contributed by atoms with Crippen LogP contribution in [0, 0.1) is 0 Å². The zero-order valence-corrected chi connectivity index (χ0v) is 7.71. The fraction of sp³-hybridized carbons (Fsp3) is 1.00. The fourth-order valence-corrected chi connectivity index (χ4v) is 0. The summed E-state index contributed by atoms with van der Waals surface area (Å²) in [5.74, 6) is 0. The summed E-state index contributed by atoms with van der Waals surface area (Å²) in [4.78, 5) is 1.96. The molecule has 0 aliphatic carbocycles. The summed E-state index contributed by atoms with van der Waals surface area (Å²) in [6, 6.07) is 0. The van der Waals surface area contributed by atoms with Crippen LogP contribution in [0.25, 0.3) is 0 Å². The van der Waals surface area contributed by atoms with Gasteiger partial charge in [-0.15, -0.1) is 0 Å². The van der Waals surface area contributed by atoms with Crippen LogP contribution in [0.15, 0.2) is 0 Å². The third-order valence-electron chi connectivity index (χ3n) is 0.507. The van der Waals surface area contributed by atoms with E-state index in [1.165, 1.54) is 0 Å². The molecule has 0 saturated heterocycles. The zero-order chi connectivity index (χ0) is 5.21. The molecule has 0 unspecified atom stereocenters.